The molecular weight excluding hydrogens is 421 g/mol. The lowest BCUT2D eigenvalue weighted by molar-refractivity contribution is 0.0915. The zero-order chi connectivity index (χ0) is 20.9. The molecule has 1 saturated heterocycles. The summed E-state index contributed by atoms with van der Waals surface area (Å²) in [6, 6.07) is 16.8. The van der Waals surface area contributed by atoms with Crippen LogP contribution in [-0.4, -0.2) is 35.6 Å². The molecule has 0 saturated carbocycles. The molecular formula is C23H23Cl2N3O2. The molecule has 2 aromatic carbocycles. The zero-order valence-corrected chi connectivity index (χ0v) is 18.0. The summed E-state index contributed by atoms with van der Waals surface area (Å²) in [5.41, 5.74) is 2.22. The average molecular weight is 444 g/mol. The van der Waals surface area contributed by atoms with E-state index in [-0.39, 0.29) is 17.6 Å². The molecule has 0 spiro atoms. The molecule has 1 aliphatic rings. The molecule has 1 amide bonds. The molecule has 30 heavy (non-hydrogen) atoms. The predicted molar refractivity (Wildman–Crippen MR) is 119 cm³/mol. The van der Waals surface area contributed by atoms with Crippen LogP contribution in [0, 0.1) is 0 Å². The first-order chi connectivity index (χ1) is 14.6. The first-order valence-corrected chi connectivity index (χ1v) is 10.9. The number of carbonyl (C=O) groups excluding carboxylic acids is 1. The molecule has 3 aromatic rings. The minimum atomic E-state index is -0.255. The number of piperidine rings is 1. The van der Waals surface area contributed by atoms with Gasteiger partial charge in [0.05, 0.1) is 6.04 Å². The molecule has 1 N–H and O–H groups in total. The fraction of sp³-hybridized carbons (Fsp3) is 0.304. The number of carbonyl (C=O) groups is 1. The van der Waals surface area contributed by atoms with E-state index >= 15 is 0 Å². The van der Waals surface area contributed by atoms with Crippen LogP contribution in [0.1, 0.15) is 41.4 Å². The maximum absolute atomic E-state index is 12.7. The molecule has 2 heterocycles. The first-order valence-electron chi connectivity index (χ1n) is 10.1. The highest BCUT2D eigenvalue weighted by Crippen LogP contribution is 2.26. The van der Waals surface area contributed by atoms with E-state index in [0.717, 1.165) is 24.2 Å². The number of aromatic nitrogens is 1. The van der Waals surface area contributed by atoms with E-state index in [1.807, 2.05) is 36.4 Å². The number of likely N-dealkylation sites (tertiary alicyclic amines) is 1. The second-order valence-electron chi connectivity index (χ2n) is 7.46. The monoisotopic (exact) mass is 443 g/mol. The Morgan fingerprint density at radius 3 is 2.30 bits per heavy atom. The van der Waals surface area contributed by atoms with Gasteiger partial charge in [0.2, 0.25) is 0 Å². The third kappa shape index (κ3) is 5.04. The van der Waals surface area contributed by atoms with Crippen molar-refractivity contribution in [3.05, 3.63) is 75.9 Å². The van der Waals surface area contributed by atoms with Crippen LogP contribution in [0.15, 0.2) is 59.1 Å². The second kappa shape index (κ2) is 9.65. The van der Waals surface area contributed by atoms with Crippen LogP contribution in [0.3, 0.4) is 0 Å². The third-order valence-electron chi connectivity index (χ3n) is 5.41. The molecule has 1 aliphatic heterocycles. The predicted octanol–water partition coefficient (Wildman–Crippen LogP) is 5.61. The molecule has 1 atom stereocenters. The lowest BCUT2D eigenvalue weighted by Gasteiger charge is -2.35. The molecule has 1 fully saturated rings. The Morgan fingerprint density at radius 1 is 1.00 bits per heavy atom. The van der Waals surface area contributed by atoms with Crippen molar-refractivity contribution in [3.8, 4) is 11.3 Å². The summed E-state index contributed by atoms with van der Waals surface area (Å²) >= 11 is 12.0. The van der Waals surface area contributed by atoms with Crippen molar-refractivity contribution < 1.29 is 9.32 Å². The quantitative estimate of drug-likeness (QED) is 0.537. The SMILES string of the molecule is O=C(NC[C@H](c1ccc(Cl)cc1)N1CCCCC1)c1cc(-c2ccc(Cl)cc2)on1. The normalized spacial score (nSPS) is 15.7. The topological polar surface area (TPSA) is 58.4 Å². The third-order valence-corrected chi connectivity index (χ3v) is 5.92. The van der Waals surface area contributed by atoms with E-state index < -0.39 is 0 Å². The van der Waals surface area contributed by atoms with Crippen LogP contribution in [0.25, 0.3) is 11.3 Å². The van der Waals surface area contributed by atoms with E-state index in [2.05, 4.69) is 15.4 Å². The van der Waals surface area contributed by atoms with E-state index in [4.69, 9.17) is 27.7 Å². The van der Waals surface area contributed by atoms with Crippen LogP contribution in [-0.2, 0) is 0 Å². The largest absolute Gasteiger partial charge is 0.355 e. The number of nitrogens with one attached hydrogen (secondary N) is 1. The maximum Gasteiger partial charge on any atom is 0.273 e. The minimum Gasteiger partial charge on any atom is -0.355 e. The number of hydrogen-bond acceptors (Lipinski definition) is 4. The van der Waals surface area contributed by atoms with Gasteiger partial charge < -0.3 is 9.84 Å². The Balaban J connectivity index is 1.45. The molecule has 0 bridgehead atoms. The molecule has 7 heteroatoms. The molecule has 0 unspecified atom stereocenters. The molecule has 156 valence electrons. The van der Waals surface area contributed by atoms with Gasteiger partial charge in [-0.25, -0.2) is 0 Å². The van der Waals surface area contributed by atoms with Crippen molar-refractivity contribution in [3.63, 3.8) is 0 Å². The number of amides is 1. The fourth-order valence-electron chi connectivity index (χ4n) is 3.79. The van der Waals surface area contributed by atoms with Crippen LogP contribution in [0.2, 0.25) is 10.0 Å². The molecule has 0 aliphatic carbocycles. The minimum absolute atomic E-state index is 0.0918. The Morgan fingerprint density at radius 2 is 1.63 bits per heavy atom. The lowest BCUT2D eigenvalue weighted by Crippen LogP contribution is -2.40. The summed E-state index contributed by atoms with van der Waals surface area (Å²) in [7, 11) is 0. The molecule has 0 radical (unpaired) electrons. The van der Waals surface area contributed by atoms with Crippen LogP contribution in [0.5, 0.6) is 0 Å². The van der Waals surface area contributed by atoms with Crippen LogP contribution in [0.4, 0.5) is 0 Å². The van der Waals surface area contributed by atoms with Gasteiger partial charge in [-0.3, -0.25) is 9.69 Å². The van der Waals surface area contributed by atoms with E-state index in [1.54, 1.807) is 18.2 Å². The Hall–Kier alpha value is -2.34. The van der Waals surface area contributed by atoms with Crippen molar-refractivity contribution in [2.75, 3.05) is 19.6 Å². The van der Waals surface area contributed by atoms with Gasteiger partial charge in [0.25, 0.3) is 5.91 Å². The standard InChI is InChI=1S/C23H23Cl2N3O2/c24-18-8-4-16(5-9-18)21(28-12-2-1-3-13-28)15-26-23(29)20-14-22(30-27-20)17-6-10-19(25)11-7-17/h4-11,14,21H,1-3,12-13,15H2,(H,26,29)/t21-/m1/s1. The van der Waals surface area contributed by atoms with Crippen molar-refractivity contribution in [1.29, 1.82) is 0 Å². The Kier molecular flexibility index (Phi) is 6.72. The summed E-state index contributed by atoms with van der Waals surface area (Å²) in [5.74, 6) is 0.275. The van der Waals surface area contributed by atoms with Gasteiger partial charge in [-0.1, -0.05) is 46.9 Å². The summed E-state index contributed by atoms with van der Waals surface area (Å²) in [6.07, 6.45) is 3.60. The Labute approximate surface area is 186 Å². The Bertz CT molecular complexity index is 980. The summed E-state index contributed by atoms with van der Waals surface area (Å²) in [4.78, 5) is 15.1. The van der Waals surface area contributed by atoms with Crippen molar-refractivity contribution in [1.82, 2.24) is 15.4 Å². The summed E-state index contributed by atoms with van der Waals surface area (Å²) in [6.45, 7) is 2.53. The van der Waals surface area contributed by atoms with Crippen molar-refractivity contribution in [2.45, 2.75) is 25.3 Å². The lowest BCUT2D eigenvalue weighted by atomic mass is 10.0. The van der Waals surface area contributed by atoms with Crippen molar-refractivity contribution >= 4 is 29.1 Å². The number of benzene rings is 2. The molecule has 1 aromatic heterocycles. The van der Waals surface area contributed by atoms with Gasteiger partial charge >= 0.3 is 0 Å². The second-order valence-corrected chi connectivity index (χ2v) is 8.33. The van der Waals surface area contributed by atoms with Gasteiger partial charge in [0, 0.05) is 28.2 Å². The van der Waals surface area contributed by atoms with E-state index in [9.17, 15) is 4.79 Å². The van der Waals surface area contributed by atoms with Crippen LogP contribution >= 0.6 is 23.2 Å². The van der Waals surface area contributed by atoms with Crippen LogP contribution < -0.4 is 5.32 Å². The summed E-state index contributed by atoms with van der Waals surface area (Å²) in [5, 5.41) is 8.31. The zero-order valence-electron chi connectivity index (χ0n) is 16.5. The number of nitrogens with zero attached hydrogens (tertiary/aromatic N) is 2. The summed E-state index contributed by atoms with van der Waals surface area (Å²) < 4.78 is 5.35. The van der Waals surface area contributed by atoms with E-state index in [0.29, 0.717) is 22.4 Å². The maximum atomic E-state index is 12.7. The smallest absolute Gasteiger partial charge is 0.273 e. The highest BCUT2D eigenvalue weighted by molar-refractivity contribution is 6.30. The van der Waals surface area contributed by atoms with Gasteiger partial charge in [0.15, 0.2) is 11.5 Å². The first kappa shape index (κ1) is 20.9. The highest BCUT2D eigenvalue weighted by Gasteiger charge is 2.24. The van der Waals surface area contributed by atoms with Gasteiger partial charge in [-0.05, 0) is 67.9 Å². The molecule has 5 nitrogen and oxygen atoms in total. The average Bonchev–Trinajstić information content (AvgIpc) is 3.27. The highest BCUT2D eigenvalue weighted by atomic mass is 35.5. The van der Waals surface area contributed by atoms with Gasteiger partial charge in [-0.2, -0.15) is 0 Å². The van der Waals surface area contributed by atoms with Crippen molar-refractivity contribution in [2.24, 2.45) is 0 Å². The fourth-order valence-corrected chi connectivity index (χ4v) is 4.04. The van der Waals surface area contributed by atoms with Gasteiger partial charge in [-0.15, -0.1) is 0 Å². The number of halogens is 2. The number of rotatable bonds is 6. The van der Waals surface area contributed by atoms with Gasteiger partial charge in [0.1, 0.15) is 0 Å². The molecule has 4 rings (SSSR count). The number of hydrogen-bond donors (Lipinski definition) is 1. The van der Waals surface area contributed by atoms with E-state index in [1.165, 1.54) is 19.3 Å².